The van der Waals surface area contributed by atoms with Crippen molar-refractivity contribution in [3.05, 3.63) is 119 Å². The van der Waals surface area contributed by atoms with Crippen LogP contribution in [0, 0.1) is 0 Å². The van der Waals surface area contributed by atoms with Crippen LogP contribution in [-0.2, 0) is 22.2 Å². The molecule has 1 amide bonds. The topological polar surface area (TPSA) is 128 Å². The number of nitrogens with two attached hydrogens (primary N) is 1. The first-order valence-electron chi connectivity index (χ1n) is 12.4. The van der Waals surface area contributed by atoms with Gasteiger partial charge in [-0.2, -0.15) is 0 Å². The molecule has 0 bridgehead atoms. The molecule has 0 aliphatic heterocycles. The van der Waals surface area contributed by atoms with E-state index in [9.17, 15) is 18.3 Å². The molecule has 4 rings (SSSR count). The summed E-state index contributed by atoms with van der Waals surface area (Å²) in [6.45, 7) is 2.34. The Bertz CT molecular complexity index is 1580. The van der Waals surface area contributed by atoms with Gasteiger partial charge in [0.2, 0.25) is 9.84 Å². The van der Waals surface area contributed by atoms with Crippen LogP contribution in [0.4, 0.5) is 0 Å². The average molecular weight is 581 g/mol. The van der Waals surface area contributed by atoms with Crippen molar-refractivity contribution in [1.82, 2.24) is 5.32 Å². The Morgan fingerprint density at radius 3 is 2.30 bits per heavy atom. The lowest BCUT2D eigenvalue weighted by Crippen LogP contribution is -2.41. The van der Waals surface area contributed by atoms with Crippen LogP contribution in [0.1, 0.15) is 28.4 Å². The molecule has 0 radical (unpaired) electrons. The second-order valence-electron chi connectivity index (χ2n) is 9.13. The summed E-state index contributed by atoms with van der Waals surface area (Å²) < 4.78 is 37.9. The zero-order valence-corrected chi connectivity index (χ0v) is 23.3. The number of benzene rings is 4. The molecule has 0 aliphatic rings. The highest BCUT2D eigenvalue weighted by Gasteiger charge is 2.23. The normalized spacial score (nSPS) is 12.9. The lowest BCUT2D eigenvalue weighted by Gasteiger charge is -2.25. The van der Waals surface area contributed by atoms with Crippen molar-refractivity contribution in [2.24, 2.45) is 5.73 Å². The van der Waals surface area contributed by atoms with Crippen LogP contribution in [0.5, 0.6) is 11.5 Å². The highest BCUT2D eigenvalue weighted by atomic mass is 35.5. The maximum absolute atomic E-state index is 13.3. The minimum Gasteiger partial charge on any atom is -0.492 e. The van der Waals surface area contributed by atoms with Gasteiger partial charge in [-0.3, -0.25) is 10.1 Å². The molecule has 0 fully saturated rings. The number of hydrogen-bond donors (Lipinski definition) is 3. The molecule has 0 spiro atoms. The quantitative estimate of drug-likeness (QED) is 0.164. The van der Waals surface area contributed by atoms with Crippen LogP contribution in [0.15, 0.2) is 107 Å². The monoisotopic (exact) mass is 580 g/mol. The lowest BCUT2D eigenvalue weighted by molar-refractivity contribution is 0.0169. The number of carbonyl (C=O) groups is 1. The third kappa shape index (κ3) is 7.19. The van der Waals surface area contributed by atoms with Crippen molar-refractivity contribution >= 4 is 27.3 Å². The van der Waals surface area contributed by atoms with Crippen molar-refractivity contribution in [2.45, 2.75) is 29.0 Å². The number of hydrogen-bond acceptors (Lipinski definition) is 7. The summed E-state index contributed by atoms with van der Waals surface area (Å²) >= 11 is 6.01. The van der Waals surface area contributed by atoms with E-state index in [2.05, 4.69) is 5.32 Å². The van der Waals surface area contributed by atoms with Crippen molar-refractivity contribution in [1.29, 1.82) is 0 Å². The summed E-state index contributed by atoms with van der Waals surface area (Å²) in [5, 5.41) is 14.2. The molecular weight excluding hydrogens is 552 g/mol. The van der Waals surface area contributed by atoms with E-state index in [-0.39, 0.29) is 34.3 Å². The van der Waals surface area contributed by atoms with E-state index in [1.165, 1.54) is 42.5 Å². The molecule has 0 aromatic heterocycles. The van der Waals surface area contributed by atoms with Crippen LogP contribution >= 0.6 is 11.6 Å². The standard InChI is InChI=1S/C30H29ClN2O6S/c1-30(35,22-8-5-9-23(31)18-22)33-16-17-38-24-10-12-25(13-11-24)40(36,37)26-14-15-28(27(19-26)29(32)34)39-20-21-6-3-2-4-7-21/h2-15,18-19,33,35H,16-17,20H2,1H3,(H2,32,34)/t30-/m0/s1. The fourth-order valence-electron chi connectivity index (χ4n) is 3.94. The molecule has 4 N–H and O–H groups in total. The summed E-state index contributed by atoms with van der Waals surface area (Å²) in [7, 11) is -3.95. The van der Waals surface area contributed by atoms with Gasteiger partial charge in [-0.25, -0.2) is 8.42 Å². The van der Waals surface area contributed by atoms with Crippen molar-refractivity contribution in [2.75, 3.05) is 13.2 Å². The first-order valence-corrected chi connectivity index (χ1v) is 14.2. The molecule has 0 aliphatic carbocycles. The molecule has 0 heterocycles. The van der Waals surface area contributed by atoms with Crippen LogP contribution in [0.2, 0.25) is 5.02 Å². The number of halogens is 1. The van der Waals surface area contributed by atoms with Gasteiger partial charge in [0, 0.05) is 11.6 Å². The number of ether oxygens (including phenoxy) is 2. The molecule has 0 unspecified atom stereocenters. The summed E-state index contributed by atoms with van der Waals surface area (Å²) in [5.41, 5.74) is 5.69. The van der Waals surface area contributed by atoms with E-state index < -0.39 is 21.5 Å². The first kappa shape index (κ1) is 29.1. The van der Waals surface area contributed by atoms with Gasteiger partial charge < -0.3 is 20.3 Å². The third-order valence-corrected chi connectivity index (χ3v) is 8.13. The Morgan fingerprint density at radius 2 is 1.62 bits per heavy atom. The molecule has 1 atom stereocenters. The predicted molar refractivity (Wildman–Crippen MR) is 152 cm³/mol. The Hall–Kier alpha value is -3.89. The van der Waals surface area contributed by atoms with E-state index in [1.54, 1.807) is 31.2 Å². The zero-order chi connectivity index (χ0) is 28.8. The van der Waals surface area contributed by atoms with Crippen molar-refractivity contribution in [3.8, 4) is 11.5 Å². The van der Waals surface area contributed by atoms with E-state index in [0.717, 1.165) is 5.56 Å². The van der Waals surface area contributed by atoms with Gasteiger partial charge in [0.15, 0.2) is 0 Å². The highest BCUT2D eigenvalue weighted by molar-refractivity contribution is 7.91. The van der Waals surface area contributed by atoms with Crippen LogP contribution < -0.4 is 20.5 Å². The maximum atomic E-state index is 13.3. The van der Waals surface area contributed by atoms with Gasteiger partial charge in [-0.15, -0.1) is 0 Å². The summed E-state index contributed by atoms with van der Waals surface area (Å²) in [6, 6.07) is 26.2. The van der Waals surface area contributed by atoms with Gasteiger partial charge in [-0.1, -0.05) is 54.1 Å². The molecule has 4 aromatic carbocycles. The van der Waals surface area contributed by atoms with Crippen molar-refractivity contribution in [3.63, 3.8) is 0 Å². The Labute approximate surface area is 238 Å². The molecule has 10 heteroatoms. The van der Waals surface area contributed by atoms with Gasteiger partial charge in [0.05, 0.1) is 15.4 Å². The highest BCUT2D eigenvalue weighted by Crippen LogP contribution is 2.28. The second kappa shape index (κ2) is 12.5. The fraction of sp³-hybridized carbons (Fsp3) is 0.167. The number of aliphatic hydroxyl groups is 1. The Kier molecular flexibility index (Phi) is 9.11. The molecule has 40 heavy (non-hydrogen) atoms. The zero-order valence-electron chi connectivity index (χ0n) is 21.7. The lowest BCUT2D eigenvalue weighted by atomic mass is 10.1. The molecule has 0 saturated heterocycles. The first-order chi connectivity index (χ1) is 19.1. The number of rotatable bonds is 12. The Balaban J connectivity index is 1.39. The number of sulfone groups is 1. The van der Waals surface area contributed by atoms with Gasteiger partial charge in [0.25, 0.3) is 5.91 Å². The van der Waals surface area contributed by atoms with Gasteiger partial charge in [0.1, 0.15) is 30.4 Å². The smallest absolute Gasteiger partial charge is 0.252 e. The molecule has 208 valence electrons. The Morgan fingerprint density at radius 1 is 0.925 bits per heavy atom. The van der Waals surface area contributed by atoms with E-state index >= 15 is 0 Å². The fourth-order valence-corrected chi connectivity index (χ4v) is 5.41. The number of primary amides is 1. The maximum Gasteiger partial charge on any atom is 0.252 e. The van der Waals surface area contributed by atoms with Gasteiger partial charge >= 0.3 is 0 Å². The van der Waals surface area contributed by atoms with E-state index in [0.29, 0.717) is 22.9 Å². The van der Waals surface area contributed by atoms with Gasteiger partial charge in [-0.05, 0) is 72.6 Å². The summed E-state index contributed by atoms with van der Waals surface area (Å²) in [6.07, 6.45) is 0. The third-order valence-electron chi connectivity index (χ3n) is 6.12. The summed E-state index contributed by atoms with van der Waals surface area (Å²) in [5.74, 6) is -0.153. The van der Waals surface area contributed by atoms with Crippen LogP contribution in [-0.4, -0.2) is 32.6 Å². The number of carbonyl (C=O) groups excluding carboxylic acids is 1. The van der Waals surface area contributed by atoms with Crippen molar-refractivity contribution < 1.29 is 27.8 Å². The van der Waals surface area contributed by atoms with E-state index in [1.807, 2.05) is 30.3 Å². The summed E-state index contributed by atoms with van der Waals surface area (Å²) in [4.78, 5) is 12.0. The number of amides is 1. The predicted octanol–water partition coefficient (Wildman–Crippen LogP) is 4.68. The minimum atomic E-state index is -3.95. The molecule has 8 nitrogen and oxygen atoms in total. The average Bonchev–Trinajstić information content (AvgIpc) is 2.95. The van der Waals surface area contributed by atoms with Crippen LogP contribution in [0.3, 0.4) is 0 Å². The number of nitrogens with one attached hydrogen (secondary N) is 1. The van der Waals surface area contributed by atoms with E-state index in [4.69, 9.17) is 26.8 Å². The largest absolute Gasteiger partial charge is 0.492 e. The minimum absolute atomic E-state index is 0.0234. The van der Waals surface area contributed by atoms with Crippen LogP contribution in [0.25, 0.3) is 0 Å². The molecule has 4 aromatic rings. The molecule has 0 saturated carbocycles. The molecular formula is C30H29ClN2O6S. The second-order valence-corrected chi connectivity index (χ2v) is 11.5. The SMILES string of the molecule is C[C@@](O)(NCCOc1ccc(S(=O)(=O)c2ccc(OCc3ccccc3)c(C(N)=O)c2)cc1)c1cccc(Cl)c1.